The van der Waals surface area contributed by atoms with Crippen LogP contribution in [0, 0.1) is 0 Å². The summed E-state index contributed by atoms with van der Waals surface area (Å²) in [6, 6.07) is 5.20. The molecule has 1 amide bonds. The molecule has 1 atom stereocenters. The Morgan fingerprint density at radius 3 is 2.71 bits per heavy atom. The molecule has 1 fully saturated rings. The van der Waals surface area contributed by atoms with E-state index in [-0.39, 0.29) is 23.5 Å². The molecule has 1 saturated heterocycles. The molecule has 7 heteroatoms. The molecule has 1 N–H and O–H groups in total. The summed E-state index contributed by atoms with van der Waals surface area (Å²) in [7, 11) is -2.91. The first-order valence-corrected chi connectivity index (χ1v) is 10.1. The maximum Gasteiger partial charge on any atom is 0.251 e. The molecule has 0 radical (unpaired) electrons. The van der Waals surface area contributed by atoms with Gasteiger partial charge in [0.25, 0.3) is 5.91 Å². The van der Waals surface area contributed by atoms with Crippen LogP contribution < -0.4 is 5.32 Å². The minimum absolute atomic E-state index is 0.0152. The molecular formula is C17H23ClN2O3S. The Labute approximate surface area is 148 Å². The van der Waals surface area contributed by atoms with E-state index >= 15 is 0 Å². The van der Waals surface area contributed by atoms with Gasteiger partial charge in [-0.1, -0.05) is 17.7 Å². The van der Waals surface area contributed by atoms with Gasteiger partial charge in [-0.15, -0.1) is 6.58 Å². The van der Waals surface area contributed by atoms with Crippen LogP contribution in [0.5, 0.6) is 0 Å². The Balaban J connectivity index is 2.05. The van der Waals surface area contributed by atoms with Gasteiger partial charge in [0.2, 0.25) is 0 Å². The summed E-state index contributed by atoms with van der Waals surface area (Å²) >= 11 is 6.24. The second kappa shape index (κ2) is 8.14. The highest BCUT2D eigenvalue weighted by molar-refractivity contribution is 7.91. The first-order chi connectivity index (χ1) is 11.3. The molecule has 1 aliphatic heterocycles. The maximum atomic E-state index is 12.3. The van der Waals surface area contributed by atoms with Crippen LogP contribution in [0.2, 0.25) is 5.02 Å². The fraction of sp³-hybridized carbons (Fsp3) is 0.471. The number of nitrogens with zero attached hydrogens (tertiary/aromatic N) is 1. The van der Waals surface area contributed by atoms with Gasteiger partial charge >= 0.3 is 0 Å². The van der Waals surface area contributed by atoms with Crippen LogP contribution in [0.4, 0.5) is 0 Å². The summed E-state index contributed by atoms with van der Waals surface area (Å²) in [6.45, 7) is 7.11. The summed E-state index contributed by atoms with van der Waals surface area (Å²) in [5.41, 5.74) is 1.38. The summed E-state index contributed by atoms with van der Waals surface area (Å²) in [6.07, 6.45) is 2.47. The van der Waals surface area contributed by atoms with Crippen molar-refractivity contribution in [2.45, 2.75) is 25.9 Å². The molecule has 1 aliphatic rings. The molecule has 0 bridgehead atoms. The predicted octanol–water partition coefficient (Wildman–Crippen LogP) is 2.26. The number of rotatable bonds is 6. The van der Waals surface area contributed by atoms with Crippen molar-refractivity contribution in [3.05, 3.63) is 47.0 Å². The van der Waals surface area contributed by atoms with Crippen molar-refractivity contribution in [1.82, 2.24) is 10.2 Å². The second-order valence-corrected chi connectivity index (χ2v) is 8.84. The van der Waals surface area contributed by atoms with Crippen molar-refractivity contribution >= 4 is 27.3 Å². The monoisotopic (exact) mass is 370 g/mol. The third kappa shape index (κ3) is 5.33. The fourth-order valence-corrected chi connectivity index (χ4v) is 4.06. The van der Waals surface area contributed by atoms with E-state index in [2.05, 4.69) is 11.9 Å². The Morgan fingerprint density at radius 2 is 2.08 bits per heavy atom. The van der Waals surface area contributed by atoms with Crippen LogP contribution in [0.25, 0.3) is 0 Å². The topological polar surface area (TPSA) is 66.5 Å². The van der Waals surface area contributed by atoms with Crippen molar-refractivity contribution in [3.8, 4) is 0 Å². The minimum Gasteiger partial charge on any atom is -0.349 e. The molecule has 1 aromatic rings. The molecule has 0 spiro atoms. The zero-order valence-corrected chi connectivity index (χ0v) is 15.4. The van der Waals surface area contributed by atoms with E-state index in [0.717, 1.165) is 5.56 Å². The minimum atomic E-state index is -2.91. The van der Waals surface area contributed by atoms with Gasteiger partial charge in [0.05, 0.1) is 11.5 Å². The van der Waals surface area contributed by atoms with Crippen molar-refractivity contribution in [1.29, 1.82) is 0 Å². The maximum absolute atomic E-state index is 12.3. The Morgan fingerprint density at radius 1 is 1.42 bits per heavy atom. The van der Waals surface area contributed by atoms with Crippen LogP contribution in [0.15, 0.2) is 30.9 Å². The average Bonchev–Trinajstić information content (AvgIpc) is 2.51. The zero-order chi connectivity index (χ0) is 17.7. The molecular weight excluding hydrogens is 348 g/mol. The van der Waals surface area contributed by atoms with E-state index < -0.39 is 9.84 Å². The number of carbonyl (C=O) groups excluding carboxylic acids is 1. The fourth-order valence-electron chi connectivity index (χ4n) is 2.60. The van der Waals surface area contributed by atoms with Crippen molar-refractivity contribution < 1.29 is 13.2 Å². The van der Waals surface area contributed by atoms with Gasteiger partial charge < -0.3 is 5.32 Å². The lowest BCUT2D eigenvalue weighted by Crippen LogP contribution is -2.39. The van der Waals surface area contributed by atoms with Gasteiger partial charge in [0.1, 0.15) is 0 Å². The first-order valence-electron chi connectivity index (χ1n) is 7.93. The lowest BCUT2D eigenvalue weighted by molar-refractivity contribution is 0.0940. The third-order valence-corrected chi connectivity index (χ3v) is 6.01. The summed E-state index contributed by atoms with van der Waals surface area (Å²) in [4.78, 5) is 14.3. The molecule has 132 valence electrons. The molecule has 5 nitrogen and oxygen atoms in total. The van der Waals surface area contributed by atoms with Gasteiger partial charge in [-0.2, -0.15) is 0 Å². The Bertz CT molecular complexity index is 705. The van der Waals surface area contributed by atoms with Crippen LogP contribution in [0.3, 0.4) is 0 Å². The second-order valence-electron chi connectivity index (χ2n) is 6.13. The highest BCUT2D eigenvalue weighted by Crippen LogP contribution is 2.21. The quantitative estimate of drug-likeness (QED) is 0.780. The van der Waals surface area contributed by atoms with E-state index in [1.165, 1.54) is 0 Å². The lowest BCUT2D eigenvalue weighted by atomic mass is 10.1. The van der Waals surface area contributed by atoms with Crippen molar-refractivity contribution in [3.63, 3.8) is 0 Å². The normalized spacial score (nSPS) is 18.8. The molecule has 24 heavy (non-hydrogen) atoms. The van der Waals surface area contributed by atoms with Gasteiger partial charge in [0, 0.05) is 36.3 Å². The highest BCUT2D eigenvalue weighted by Gasteiger charge is 2.22. The van der Waals surface area contributed by atoms with Gasteiger partial charge in [-0.3, -0.25) is 9.69 Å². The number of hydrogen-bond donors (Lipinski definition) is 1. The molecule has 1 unspecified atom stereocenters. The highest BCUT2D eigenvalue weighted by atomic mass is 35.5. The number of sulfone groups is 1. The largest absolute Gasteiger partial charge is 0.349 e. The Kier molecular flexibility index (Phi) is 6.43. The molecule has 0 aliphatic carbocycles. The average molecular weight is 371 g/mol. The number of halogens is 1. The Hall–Kier alpha value is -1.37. The number of nitrogens with one attached hydrogen (secondary N) is 1. The van der Waals surface area contributed by atoms with Crippen LogP contribution in [0.1, 0.15) is 29.3 Å². The molecule has 1 aromatic carbocycles. The molecule has 2 rings (SSSR count). The summed E-state index contributed by atoms with van der Waals surface area (Å²) in [5.74, 6) is 0.191. The van der Waals surface area contributed by atoms with Crippen molar-refractivity contribution in [2.75, 3.05) is 24.6 Å². The number of carbonyl (C=O) groups is 1. The standard InChI is InChI=1S/C17H23ClN2O3S/c1-3-4-13(2)19-17(21)14-5-6-16(18)15(11-14)12-20-7-9-24(22,23)10-8-20/h3,5-6,11,13H,1,4,7-10,12H2,2H3,(H,19,21). The van der Waals surface area contributed by atoms with Crippen LogP contribution in [-0.4, -0.2) is 49.9 Å². The third-order valence-electron chi connectivity index (χ3n) is 4.04. The van der Waals surface area contributed by atoms with E-state index in [0.29, 0.717) is 36.6 Å². The van der Waals surface area contributed by atoms with Crippen LogP contribution >= 0.6 is 11.6 Å². The molecule has 0 saturated carbocycles. The molecule has 0 aromatic heterocycles. The summed E-state index contributed by atoms with van der Waals surface area (Å²) in [5, 5.41) is 3.49. The van der Waals surface area contributed by atoms with Crippen LogP contribution in [-0.2, 0) is 16.4 Å². The van der Waals surface area contributed by atoms with E-state index in [4.69, 9.17) is 11.6 Å². The van der Waals surface area contributed by atoms with Gasteiger partial charge in [0.15, 0.2) is 9.84 Å². The van der Waals surface area contributed by atoms with Gasteiger partial charge in [-0.05, 0) is 37.1 Å². The number of benzene rings is 1. The number of hydrogen-bond acceptors (Lipinski definition) is 4. The first kappa shape index (κ1) is 19.0. The smallest absolute Gasteiger partial charge is 0.251 e. The number of amides is 1. The zero-order valence-electron chi connectivity index (χ0n) is 13.8. The van der Waals surface area contributed by atoms with E-state index in [9.17, 15) is 13.2 Å². The van der Waals surface area contributed by atoms with Crippen molar-refractivity contribution in [2.24, 2.45) is 0 Å². The SMILES string of the molecule is C=CCC(C)NC(=O)c1ccc(Cl)c(CN2CCS(=O)(=O)CC2)c1. The predicted molar refractivity (Wildman–Crippen MR) is 97.1 cm³/mol. The van der Waals surface area contributed by atoms with Gasteiger partial charge in [-0.25, -0.2) is 8.42 Å². The van der Waals surface area contributed by atoms with E-state index in [1.807, 2.05) is 11.8 Å². The molecule has 1 heterocycles. The lowest BCUT2D eigenvalue weighted by Gasteiger charge is -2.27. The summed E-state index contributed by atoms with van der Waals surface area (Å²) < 4.78 is 23.0. The van der Waals surface area contributed by atoms with E-state index in [1.54, 1.807) is 24.3 Å².